The standard InChI is InChI=1S/C26H25BrN2O4/c1-14-19(13-28)25(18-11-23(32-3)24(33-4)12-20(18)27)26-21(29-14)9-16(10-22(26)30)15-5-7-17(31-2)8-6-15/h5-8,11-12,16,19,25H,9-10H2,1-4H3. The van der Waals surface area contributed by atoms with Crippen LogP contribution < -0.4 is 14.2 Å². The van der Waals surface area contributed by atoms with Crippen molar-refractivity contribution in [3.05, 3.63) is 63.3 Å². The van der Waals surface area contributed by atoms with Crippen LogP contribution >= 0.6 is 15.9 Å². The predicted molar refractivity (Wildman–Crippen MR) is 129 cm³/mol. The van der Waals surface area contributed by atoms with Gasteiger partial charge in [0.1, 0.15) is 5.75 Å². The fourth-order valence-electron chi connectivity index (χ4n) is 4.78. The molecule has 0 spiro atoms. The van der Waals surface area contributed by atoms with Gasteiger partial charge in [-0.05, 0) is 54.7 Å². The number of aliphatic imine (C=N–C) groups is 1. The van der Waals surface area contributed by atoms with Crippen LogP contribution in [0.25, 0.3) is 0 Å². The first-order valence-corrected chi connectivity index (χ1v) is 11.5. The van der Waals surface area contributed by atoms with Gasteiger partial charge in [0.2, 0.25) is 0 Å². The maximum Gasteiger partial charge on any atom is 0.161 e. The van der Waals surface area contributed by atoms with Crippen molar-refractivity contribution in [1.29, 1.82) is 5.26 Å². The highest BCUT2D eigenvalue weighted by Crippen LogP contribution is 2.49. The molecule has 2 aliphatic rings. The maximum atomic E-state index is 13.5. The largest absolute Gasteiger partial charge is 0.497 e. The molecule has 0 bridgehead atoms. The molecule has 4 rings (SSSR count). The van der Waals surface area contributed by atoms with Crippen molar-refractivity contribution in [3.63, 3.8) is 0 Å². The molecule has 3 unspecified atom stereocenters. The van der Waals surface area contributed by atoms with Crippen molar-refractivity contribution in [2.75, 3.05) is 21.3 Å². The minimum atomic E-state index is -0.542. The Morgan fingerprint density at radius 1 is 1.03 bits per heavy atom. The highest BCUT2D eigenvalue weighted by molar-refractivity contribution is 9.10. The Hall–Kier alpha value is -3.11. The van der Waals surface area contributed by atoms with Crippen molar-refractivity contribution in [2.24, 2.45) is 10.9 Å². The van der Waals surface area contributed by atoms with Crippen molar-refractivity contribution in [1.82, 2.24) is 0 Å². The fourth-order valence-corrected chi connectivity index (χ4v) is 5.35. The molecule has 0 amide bonds. The van der Waals surface area contributed by atoms with E-state index in [-0.39, 0.29) is 11.7 Å². The topological polar surface area (TPSA) is 80.9 Å². The highest BCUT2D eigenvalue weighted by atomic mass is 79.9. The Morgan fingerprint density at radius 2 is 1.70 bits per heavy atom. The number of carbonyl (C=O) groups is 1. The van der Waals surface area contributed by atoms with Gasteiger partial charge in [0.15, 0.2) is 17.3 Å². The predicted octanol–water partition coefficient (Wildman–Crippen LogP) is 5.57. The van der Waals surface area contributed by atoms with Crippen LogP contribution in [0.5, 0.6) is 17.2 Å². The summed E-state index contributed by atoms with van der Waals surface area (Å²) in [5.41, 5.74) is 4.01. The number of halogens is 1. The molecular weight excluding hydrogens is 484 g/mol. The molecule has 6 nitrogen and oxygen atoms in total. The first kappa shape index (κ1) is 23.1. The molecule has 0 aromatic heterocycles. The van der Waals surface area contributed by atoms with Crippen LogP contribution in [0, 0.1) is 17.2 Å². The molecule has 1 aliphatic heterocycles. The van der Waals surface area contributed by atoms with E-state index in [1.807, 2.05) is 43.3 Å². The number of rotatable bonds is 5. The molecule has 7 heteroatoms. The van der Waals surface area contributed by atoms with Gasteiger partial charge in [-0.2, -0.15) is 5.26 Å². The van der Waals surface area contributed by atoms with Crippen LogP contribution in [0.1, 0.15) is 42.7 Å². The summed E-state index contributed by atoms with van der Waals surface area (Å²) >= 11 is 3.63. The van der Waals surface area contributed by atoms with Crippen molar-refractivity contribution >= 4 is 27.4 Å². The number of nitrogens with zero attached hydrogens (tertiary/aromatic N) is 2. The highest BCUT2D eigenvalue weighted by Gasteiger charge is 2.42. The van der Waals surface area contributed by atoms with Crippen LogP contribution in [0.3, 0.4) is 0 Å². The molecule has 0 saturated carbocycles. The van der Waals surface area contributed by atoms with Gasteiger partial charge in [-0.3, -0.25) is 9.79 Å². The number of nitriles is 1. The zero-order valence-electron chi connectivity index (χ0n) is 19.0. The average Bonchev–Trinajstić information content (AvgIpc) is 2.83. The zero-order chi connectivity index (χ0) is 23.7. The molecule has 2 aromatic rings. The number of hydrogen-bond donors (Lipinski definition) is 0. The first-order chi connectivity index (χ1) is 15.9. The van der Waals surface area contributed by atoms with Gasteiger partial charge in [0, 0.05) is 33.8 Å². The number of Topliss-reactive ketones (excluding diaryl/α,β-unsaturated/α-hetero) is 1. The van der Waals surface area contributed by atoms with Crippen molar-refractivity contribution in [3.8, 4) is 23.3 Å². The third-order valence-electron chi connectivity index (χ3n) is 6.45. The quantitative estimate of drug-likeness (QED) is 0.526. The van der Waals surface area contributed by atoms with E-state index in [0.717, 1.165) is 27.0 Å². The van der Waals surface area contributed by atoms with Gasteiger partial charge in [-0.15, -0.1) is 0 Å². The normalized spacial score (nSPS) is 22.2. The molecule has 170 valence electrons. The summed E-state index contributed by atoms with van der Waals surface area (Å²) in [4.78, 5) is 18.3. The Labute approximate surface area is 202 Å². The summed E-state index contributed by atoms with van der Waals surface area (Å²) in [6.45, 7) is 1.86. The first-order valence-electron chi connectivity index (χ1n) is 10.7. The van der Waals surface area contributed by atoms with Crippen molar-refractivity contribution < 1.29 is 19.0 Å². The number of ether oxygens (including phenoxy) is 3. The Bertz CT molecular complexity index is 1190. The van der Waals surface area contributed by atoms with Gasteiger partial charge in [0.25, 0.3) is 0 Å². The summed E-state index contributed by atoms with van der Waals surface area (Å²) < 4.78 is 16.9. The van der Waals surface area contributed by atoms with Gasteiger partial charge in [-0.25, -0.2) is 0 Å². The van der Waals surface area contributed by atoms with Crippen LogP contribution in [0.15, 0.2) is 57.1 Å². The monoisotopic (exact) mass is 508 g/mol. The maximum absolute atomic E-state index is 13.5. The second-order valence-electron chi connectivity index (χ2n) is 8.23. The van der Waals surface area contributed by atoms with E-state index in [4.69, 9.17) is 19.2 Å². The molecule has 1 heterocycles. The Kier molecular flexibility index (Phi) is 6.57. The number of carbonyl (C=O) groups excluding carboxylic acids is 1. The van der Waals surface area contributed by atoms with Crippen LogP contribution in [0.2, 0.25) is 0 Å². The SMILES string of the molecule is COc1ccc(C2CC(=O)C3=C(C2)N=C(C)C(C#N)C3c2cc(OC)c(OC)cc2Br)cc1. The van der Waals surface area contributed by atoms with E-state index < -0.39 is 11.8 Å². The summed E-state index contributed by atoms with van der Waals surface area (Å²) in [5.74, 6) is 0.996. The second kappa shape index (κ2) is 9.40. The van der Waals surface area contributed by atoms with E-state index in [0.29, 0.717) is 35.6 Å². The number of methoxy groups -OCH3 is 3. The van der Waals surface area contributed by atoms with Crippen LogP contribution in [-0.2, 0) is 4.79 Å². The van der Waals surface area contributed by atoms with E-state index in [9.17, 15) is 10.1 Å². The third-order valence-corrected chi connectivity index (χ3v) is 7.14. The van der Waals surface area contributed by atoms with Crippen LogP contribution in [-0.4, -0.2) is 32.8 Å². The van der Waals surface area contributed by atoms with Gasteiger partial charge >= 0.3 is 0 Å². The lowest BCUT2D eigenvalue weighted by Crippen LogP contribution is -2.32. The zero-order valence-corrected chi connectivity index (χ0v) is 20.6. The molecule has 0 saturated heterocycles. The van der Waals surface area contributed by atoms with E-state index >= 15 is 0 Å². The third kappa shape index (κ3) is 4.16. The molecule has 1 aliphatic carbocycles. The molecular formula is C26H25BrN2O4. The lowest BCUT2D eigenvalue weighted by Gasteiger charge is -2.35. The van der Waals surface area contributed by atoms with E-state index in [1.165, 1.54) is 0 Å². The van der Waals surface area contributed by atoms with Crippen molar-refractivity contribution in [2.45, 2.75) is 31.6 Å². The summed E-state index contributed by atoms with van der Waals surface area (Å²) in [7, 11) is 4.78. The van der Waals surface area contributed by atoms with Gasteiger partial charge < -0.3 is 14.2 Å². The van der Waals surface area contributed by atoms with E-state index in [2.05, 4.69) is 22.0 Å². The summed E-state index contributed by atoms with van der Waals surface area (Å²) in [5, 5.41) is 10.0. The lowest BCUT2D eigenvalue weighted by molar-refractivity contribution is -0.116. The molecule has 3 atom stereocenters. The van der Waals surface area contributed by atoms with Gasteiger partial charge in [-0.1, -0.05) is 28.1 Å². The minimum Gasteiger partial charge on any atom is -0.497 e. The summed E-state index contributed by atoms with van der Waals surface area (Å²) in [6.07, 6.45) is 1.02. The Morgan fingerprint density at radius 3 is 2.30 bits per heavy atom. The molecule has 2 aromatic carbocycles. The molecule has 0 radical (unpaired) electrons. The second-order valence-corrected chi connectivity index (χ2v) is 9.08. The fraction of sp³-hybridized carbons (Fsp3) is 0.346. The molecule has 0 N–H and O–H groups in total. The molecule has 0 fully saturated rings. The van der Waals surface area contributed by atoms with Crippen LogP contribution in [0.4, 0.5) is 0 Å². The Balaban J connectivity index is 1.80. The number of benzene rings is 2. The number of hydrogen-bond acceptors (Lipinski definition) is 6. The average molecular weight is 509 g/mol. The van der Waals surface area contributed by atoms with E-state index in [1.54, 1.807) is 21.3 Å². The lowest BCUT2D eigenvalue weighted by atomic mass is 9.69. The summed E-state index contributed by atoms with van der Waals surface area (Å²) in [6, 6.07) is 13.9. The number of ketones is 1. The smallest absolute Gasteiger partial charge is 0.161 e. The minimum absolute atomic E-state index is 0.0280. The molecule has 33 heavy (non-hydrogen) atoms. The number of allylic oxidation sites excluding steroid dienone is 2. The van der Waals surface area contributed by atoms with Gasteiger partial charge in [0.05, 0.1) is 33.3 Å².